The van der Waals surface area contributed by atoms with Crippen molar-refractivity contribution >= 4 is 17.0 Å². The Labute approximate surface area is 146 Å². The Morgan fingerprint density at radius 3 is 2.46 bits per heavy atom. The van der Waals surface area contributed by atoms with Gasteiger partial charge in [0, 0.05) is 19.2 Å². The van der Waals surface area contributed by atoms with Crippen LogP contribution in [0.5, 0.6) is 0 Å². The van der Waals surface area contributed by atoms with E-state index in [2.05, 4.69) is 4.98 Å². The molecule has 3 rings (SSSR count). The van der Waals surface area contributed by atoms with Crippen molar-refractivity contribution in [1.29, 1.82) is 0 Å². The molecule has 0 aliphatic rings. The van der Waals surface area contributed by atoms with Gasteiger partial charge in [-0.3, -0.25) is 4.79 Å². The average molecular weight is 368 g/mol. The maximum atomic E-state index is 13.1. The quantitative estimate of drug-likeness (QED) is 0.681. The normalized spacial score (nSPS) is 11.1. The van der Waals surface area contributed by atoms with Crippen LogP contribution in [0.4, 0.5) is 17.6 Å². The number of rotatable bonds is 3. The summed E-state index contributed by atoms with van der Waals surface area (Å²) < 4.78 is 52.7. The van der Waals surface area contributed by atoms with E-state index in [0.717, 1.165) is 11.6 Å². The minimum Gasteiger partial charge on any atom is -0.481 e. The molecule has 1 aromatic carbocycles. The van der Waals surface area contributed by atoms with Gasteiger partial charge in [-0.1, -0.05) is 19.1 Å². The molecule has 0 bridgehead atoms. The first kappa shape index (κ1) is 19.4. The molecule has 0 fully saturated rings. The fourth-order valence-corrected chi connectivity index (χ4v) is 2.20. The molecule has 3 aromatic rings. The molecule has 1 N–H and O–H groups in total. The minimum absolute atomic E-state index is 0.222. The summed E-state index contributed by atoms with van der Waals surface area (Å²) in [5, 5.41) is 7.72. The third-order valence-corrected chi connectivity index (χ3v) is 3.46. The van der Waals surface area contributed by atoms with E-state index in [4.69, 9.17) is 5.11 Å². The highest BCUT2D eigenvalue weighted by Gasteiger charge is 2.32. The zero-order valence-corrected chi connectivity index (χ0v) is 13.8. The predicted molar refractivity (Wildman–Crippen MR) is 88.2 cm³/mol. The highest BCUT2D eigenvalue weighted by Crippen LogP contribution is 2.29. The Kier molecular flexibility index (Phi) is 5.97. The predicted octanol–water partition coefficient (Wildman–Crippen LogP) is 4.72. The van der Waals surface area contributed by atoms with E-state index < -0.39 is 17.8 Å². The number of hydrogen-bond acceptors (Lipinski definition) is 2. The van der Waals surface area contributed by atoms with Crippen LogP contribution < -0.4 is 0 Å². The number of fused-ring (bicyclic) bond motifs is 1. The zero-order valence-electron chi connectivity index (χ0n) is 13.8. The molecule has 0 aliphatic carbocycles. The summed E-state index contributed by atoms with van der Waals surface area (Å²) in [6.07, 6.45) is -2.60. The van der Waals surface area contributed by atoms with Crippen molar-refractivity contribution in [3.63, 3.8) is 0 Å². The summed E-state index contributed by atoms with van der Waals surface area (Å²) in [5.74, 6) is -1.09. The zero-order chi connectivity index (χ0) is 19.3. The van der Waals surface area contributed by atoms with Gasteiger partial charge in [-0.25, -0.2) is 9.37 Å². The molecule has 4 nitrogen and oxygen atoms in total. The van der Waals surface area contributed by atoms with Gasteiger partial charge in [-0.15, -0.1) is 0 Å². The van der Waals surface area contributed by atoms with Crippen LogP contribution in [0.1, 0.15) is 24.6 Å². The Morgan fingerprint density at radius 1 is 1.19 bits per heavy atom. The van der Waals surface area contributed by atoms with E-state index in [0.29, 0.717) is 12.1 Å². The summed E-state index contributed by atoms with van der Waals surface area (Å²) >= 11 is 0. The second-order valence-electron chi connectivity index (χ2n) is 5.42. The molecule has 8 heteroatoms. The van der Waals surface area contributed by atoms with Crippen molar-refractivity contribution in [3.8, 4) is 0 Å². The molecule has 0 spiro atoms. The molecule has 0 aliphatic heterocycles. The Hall–Kier alpha value is -2.90. The topological polar surface area (TPSA) is 55.1 Å². The van der Waals surface area contributed by atoms with Gasteiger partial charge < -0.3 is 9.67 Å². The van der Waals surface area contributed by atoms with Crippen LogP contribution in [0, 0.1) is 5.82 Å². The van der Waals surface area contributed by atoms with Crippen LogP contribution in [0.25, 0.3) is 11.0 Å². The molecule has 0 atom stereocenters. The first-order valence-corrected chi connectivity index (χ1v) is 7.70. The van der Waals surface area contributed by atoms with Crippen molar-refractivity contribution < 1.29 is 27.5 Å². The van der Waals surface area contributed by atoms with E-state index in [1.54, 1.807) is 29.8 Å². The molecular formula is C18H16F4N2O2. The summed E-state index contributed by atoms with van der Waals surface area (Å²) in [5.41, 5.74) is 0.652. The van der Waals surface area contributed by atoms with Crippen molar-refractivity contribution in [1.82, 2.24) is 9.55 Å². The lowest BCUT2D eigenvalue weighted by Crippen LogP contribution is -2.07. The summed E-state index contributed by atoms with van der Waals surface area (Å²) in [4.78, 5) is 13.0. The number of hydrogen-bond donors (Lipinski definition) is 1. The van der Waals surface area contributed by atoms with Crippen LogP contribution in [0.3, 0.4) is 0 Å². The van der Waals surface area contributed by atoms with E-state index in [1.165, 1.54) is 24.3 Å². The Morgan fingerprint density at radius 2 is 1.88 bits per heavy atom. The minimum atomic E-state index is -4.46. The molecule has 138 valence electrons. The molecule has 2 aromatic heterocycles. The molecule has 2 heterocycles. The second kappa shape index (κ2) is 7.99. The summed E-state index contributed by atoms with van der Waals surface area (Å²) in [7, 11) is 0. The average Bonchev–Trinajstić information content (AvgIpc) is 2.97. The van der Waals surface area contributed by atoms with Crippen LogP contribution in [0.15, 0.2) is 48.7 Å². The number of alkyl halides is 3. The number of benzene rings is 1. The van der Waals surface area contributed by atoms with Crippen LogP contribution in [0.2, 0.25) is 0 Å². The first-order chi connectivity index (χ1) is 12.2. The summed E-state index contributed by atoms with van der Waals surface area (Å²) in [6.45, 7) is 1.97. The fraction of sp³-hybridized carbons (Fsp3) is 0.222. The van der Waals surface area contributed by atoms with Crippen molar-refractivity contribution in [2.45, 2.75) is 26.1 Å². The standard InChI is InChI=1S/C15H10F4N2.C3H6O2/c16-11-3-1-2-10(8-11)9-21-7-6-12-13(21)4-5-14(20-12)15(17,18)19;1-2-3(4)5/h1-8H,9H2;2H2,1H3,(H,4,5). The lowest BCUT2D eigenvalue weighted by atomic mass is 10.2. The highest BCUT2D eigenvalue weighted by molar-refractivity contribution is 5.76. The molecular weight excluding hydrogens is 352 g/mol. The highest BCUT2D eigenvalue weighted by atomic mass is 19.4. The van der Waals surface area contributed by atoms with Gasteiger partial charge in [0.25, 0.3) is 0 Å². The third kappa shape index (κ3) is 5.05. The van der Waals surface area contributed by atoms with E-state index in [1.807, 2.05) is 0 Å². The number of nitrogens with zero attached hydrogens (tertiary/aromatic N) is 2. The number of aromatic nitrogens is 2. The lowest BCUT2D eigenvalue weighted by Gasteiger charge is -2.08. The Balaban J connectivity index is 0.000000431. The molecule has 26 heavy (non-hydrogen) atoms. The smallest absolute Gasteiger partial charge is 0.433 e. The molecule has 0 saturated carbocycles. The molecule has 0 radical (unpaired) electrons. The van der Waals surface area contributed by atoms with E-state index in [9.17, 15) is 22.4 Å². The van der Waals surface area contributed by atoms with Gasteiger partial charge in [-0.2, -0.15) is 13.2 Å². The van der Waals surface area contributed by atoms with Crippen LogP contribution >= 0.6 is 0 Å². The lowest BCUT2D eigenvalue weighted by molar-refractivity contribution is -0.141. The van der Waals surface area contributed by atoms with Crippen molar-refractivity contribution in [3.05, 3.63) is 65.7 Å². The van der Waals surface area contributed by atoms with Crippen LogP contribution in [-0.2, 0) is 17.5 Å². The van der Waals surface area contributed by atoms with Crippen molar-refractivity contribution in [2.75, 3.05) is 0 Å². The first-order valence-electron chi connectivity index (χ1n) is 7.70. The van der Waals surface area contributed by atoms with Crippen LogP contribution in [-0.4, -0.2) is 20.6 Å². The van der Waals surface area contributed by atoms with E-state index >= 15 is 0 Å². The van der Waals surface area contributed by atoms with Gasteiger partial charge in [0.05, 0.1) is 11.0 Å². The van der Waals surface area contributed by atoms with E-state index in [-0.39, 0.29) is 17.8 Å². The molecule has 0 amide bonds. The van der Waals surface area contributed by atoms with Gasteiger partial charge in [0.1, 0.15) is 11.5 Å². The summed E-state index contributed by atoms with van der Waals surface area (Å²) in [6, 6.07) is 9.93. The number of carbonyl (C=O) groups is 1. The van der Waals surface area contributed by atoms with Gasteiger partial charge >= 0.3 is 12.1 Å². The van der Waals surface area contributed by atoms with Gasteiger partial charge in [0.2, 0.25) is 0 Å². The molecule has 0 unspecified atom stereocenters. The number of carboxylic acid groups (broad SMARTS) is 1. The number of halogens is 4. The maximum absolute atomic E-state index is 13.1. The Bertz CT molecular complexity index is 904. The van der Waals surface area contributed by atoms with Gasteiger partial charge in [-0.05, 0) is 35.9 Å². The molecule has 0 saturated heterocycles. The van der Waals surface area contributed by atoms with Gasteiger partial charge in [0.15, 0.2) is 0 Å². The van der Waals surface area contributed by atoms with Crippen molar-refractivity contribution in [2.24, 2.45) is 0 Å². The second-order valence-corrected chi connectivity index (χ2v) is 5.42. The number of pyridine rings is 1. The maximum Gasteiger partial charge on any atom is 0.433 e. The SMILES string of the molecule is CCC(=O)O.Fc1cccc(Cn2ccc3nc(C(F)(F)F)ccc32)c1. The monoisotopic (exact) mass is 368 g/mol. The largest absolute Gasteiger partial charge is 0.481 e. The number of carboxylic acids is 1. The number of aliphatic carboxylic acids is 1. The fourth-order valence-electron chi connectivity index (χ4n) is 2.20. The third-order valence-electron chi connectivity index (χ3n) is 3.46.